The van der Waals surface area contributed by atoms with Crippen LogP contribution in [0.2, 0.25) is 0 Å². The average Bonchev–Trinajstić information content (AvgIpc) is 3.19. The van der Waals surface area contributed by atoms with E-state index in [1.165, 1.54) is 16.7 Å². The number of nitrogens with zero attached hydrogens (tertiary/aromatic N) is 4. The SMILES string of the molecule is Cc1ccccc1CN1CCN(C(=O)c2cnn(Cc3ccccc3)c2)CC1. The highest BCUT2D eigenvalue weighted by molar-refractivity contribution is 5.93. The van der Waals surface area contributed by atoms with Gasteiger partial charge in [0.25, 0.3) is 5.91 Å². The lowest BCUT2D eigenvalue weighted by Crippen LogP contribution is -2.48. The molecule has 1 saturated heterocycles. The van der Waals surface area contributed by atoms with E-state index in [0.29, 0.717) is 12.1 Å². The predicted molar refractivity (Wildman–Crippen MR) is 110 cm³/mol. The predicted octanol–water partition coefficient (Wildman–Crippen LogP) is 3.20. The maximum atomic E-state index is 12.8. The summed E-state index contributed by atoms with van der Waals surface area (Å²) in [5, 5.41) is 4.37. The van der Waals surface area contributed by atoms with Crippen molar-refractivity contribution in [3.63, 3.8) is 0 Å². The number of aryl methyl sites for hydroxylation is 1. The summed E-state index contributed by atoms with van der Waals surface area (Å²) < 4.78 is 1.83. The van der Waals surface area contributed by atoms with E-state index >= 15 is 0 Å². The van der Waals surface area contributed by atoms with Crippen LogP contribution >= 0.6 is 0 Å². The summed E-state index contributed by atoms with van der Waals surface area (Å²) in [7, 11) is 0. The van der Waals surface area contributed by atoms with Crippen LogP contribution in [0.15, 0.2) is 67.0 Å². The van der Waals surface area contributed by atoms with Crippen molar-refractivity contribution in [1.82, 2.24) is 19.6 Å². The molecule has 4 rings (SSSR count). The van der Waals surface area contributed by atoms with Gasteiger partial charge in [0, 0.05) is 38.9 Å². The number of amides is 1. The number of aromatic nitrogens is 2. The van der Waals surface area contributed by atoms with Crippen LogP contribution in [0.5, 0.6) is 0 Å². The number of hydrogen-bond donors (Lipinski definition) is 0. The lowest BCUT2D eigenvalue weighted by atomic mass is 10.1. The van der Waals surface area contributed by atoms with Crippen LogP contribution in [-0.4, -0.2) is 51.7 Å². The monoisotopic (exact) mass is 374 g/mol. The normalized spacial score (nSPS) is 15.0. The number of carbonyl (C=O) groups excluding carboxylic acids is 1. The van der Waals surface area contributed by atoms with Gasteiger partial charge in [-0.1, -0.05) is 54.6 Å². The van der Waals surface area contributed by atoms with Crippen LogP contribution in [0.3, 0.4) is 0 Å². The minimum absolute atomic E-state index is 0.0786. The molecular weight excluding hydrogens is 348 g/mol. The molecule has 0 radical (unpaired) electrons. The lowest BCUT2D eigenvalue weighted by molar-refractivity contribution is 0.0628. The first kappa shape index (κ1) is 18.4. The summed E-state index contributed by atoms with van der Waals surface area (Å²) in [6.45, 7) is 7.10. The van der Waals surface area contributed by atoms with Crippen LogP contribution < -0.4 is 0 Å². The van der Waals surface area contributed by atoms with Gasteiger partial charge < -0.3 is 4.90 Å². The van der Waals surface area contributed by atoms with Crippen LogP contribution in [0.1, 0.15) is 27.0 Å². The van der Waals surface area contributed by atoms with Crippen molar-refractivity contribution in [3.8, 4) is 0 Å². The first-order valence-electron chi connectivity index (χ1n) is 9.81. The number of hydrogen-bond acceptors (Lipinski definition) is 3. The second kappa shape index (κ2) is 8.40. The molecule has 5 heteroatoms. The highest BCUT2D eigenvalue weighted by Crippen LogP contribution is 2.14. The fourth-order valence-corrected chi connectivity index (χ4v) is 3.65. The van der Waals surface area contributed by atoms with Crippen molar-refractivity contribution in [3.05, 3.63) is 89.2 Å². The van der Waals surface area contributed by atoms with E-state index in [0.717, 1.165) is 32.7 Å². The third-order valence-electron chi connectivity index (χ3n) is 5.38. The molecule has 0 bridgehead atoms. The van der Waals surface area contributed by atoms with Gasteiger partial charge in [-0.25, -0.2) is 0 Å². The van der Waals surface area contributed by atoms with Crippen LogP contribution in [0.25, 0.3) is 0 Å². The highest BCUT2D eigenvalue weighted by atomic mass is 16.2. The van der Waals surface area contributed by atoms with Crippen molar-refractivity contribution in [2.75, 3.05) is 26.2 Å². The Morgan fingerprint density at radius 3 is 2.39 bits per heavy atom. The van der Waals surface area contributed by atoms with E-state index in [1.54, 1.807) is 6.20 Å². The molecule has 2 heterocycles. The fraction of sp³-hybridized carbons (Fsp3) is 0.304. The maximum Gasteiger partial charge on any atom is 0.257 e. The average molecular weight is 374 g/mol. The molecule has 144 valence electrons. The summed E-state index contributed by atoms with van der Waals surface area (Å²) in [5.41, 5.74) is 4.54. The molecule has 28 heavy (non-hydrogen) atoms. The summed E-state index contributed by atoms with van der Waals surface area (Å²) in [6.07, 6.45) is 3.54. The standard InChI is InChI=1S/C23H26N4O/c1-19-7-5-6-10-21(19)17-25-11-13-26(14-12-25)23(28)22-15-24-27(18-22)16-20-8-3-2-4-9-20/h2-10,15,18H,11-14,16-17H2,1H3. The summed E-state index contributed by atoms with van der Waals surface area (Å²) >= 11 is 0. The van der Waals surface area contributed by atoms with Gasteiger partial charge in [0.05, 0.1) is 18.3 Å². The molecule has 1 aliphatic rings. The fourth-order valence-electron chi connectivity index (χ4n) is 3.65. The lowest BCUT2D eigenvalue weighted by Gasteiger charge is -2.34. The second-order valence-electron chi connectivity index (χ2n) is 7.41. The molecule has 0 aliphatic carbocycles. The summed E-state index contributed by atoms with van der Waals surface area (Å²) in [4.78, 5) is 17.2. The molecule has 3 aromatic rings. The largest absolute Gasteiger partial charge is 0.336 e. The Morgan fingerprint density at radius 2 is 1.64 bits per heavy atom. The van der Waals surface area contributed by atoms with E-state index < -0.39 is 0 Å². The molecule has 0 spiro atoms. The van der Waals surface area contributed by atoms with Crippen LogP contribution in [-0.2, 0) is 13.1 Å². The minimum atomic E-state index is 0.0786. The molecule has 1 aliphatic heterocycles. The number of piperazine rings is 1. The first-order chi connectivity index (χ1) is 13.7. The molecule has 0 unspecified atom stereocenters. The van der Waals surface area contributed by atoms with E-state index in [2.05, 4.69) is 53.3 Å². The van der Waals surface area contributed by atoms with Crippen molar-refractivity contribution in [2.45, 2.75) is 20.0 Å². The summed E-state index contributed by atoms with van der Waals surface area (Å²) in [5.74, 6) is 0.0786. The third kappa shape index (κ3) is 4.31. The zero-order valence-electron chi connectivity index (χ0n) is 16.3. The van der Waals surface area contributed by atoms with E-state index in [-0.39, 0.29) is 5.91 Å². The molecule has 0 saturated carbocycles. The van der Waals surface area contributed by atoms with E-state index in [4.69, 9.17) is 0 Å². The quantitative estimate of drug-likeness (QED) is 0.689. The Labute approximate surface area is 166 Å². The van der Waals surface area contributed by atoms with Crippen molar-refractivity contribution < 1.29 is 4.79 Å². The van der Waals surface area contributed by atoms with Gasteiger partial charge in [0.2, 0.25) is 0 Å². The van der Waals surface area contributed by atoms with Gasteiger partial charge >= 0.3 is 0 Å². The molecule has 0 atom stereocenters. The topological polar surface area (TPSA) is 41.4 Å². The number of rotatable bonds is 5. The number of benzene rings is 2. The van der Waals surface area contributed by atoms with Crippen molar-refractivity contribution in [1.29, 1.82) is 0 Å². The molecule has 5 nitrogen and oxygen atoms in total. The van der Waals surface area contributed by atoms with Gasteiger partial charge in [-0.2, -0.15) is 5.10 Å². The Hall–Kier alpha value is -2.92. The Morgan fingerprint density at radius 1 is 0.929 bits per heavy atom. The van der Waals surface area contributed by atoms with Gasteiger partial charge in [0.1, 0.15) is 0 Å². The van der Waals surface area contributed by atoms with Crippen LogP contribution in [0, 0.1) is 6.92 Å². The molecular formula is C23H26N4O. The molecule has 1 aromatic heterocycles. The van der Waals surface area contributed by atoms with Gasteiger partial charge in [0.15, 0.2) is 0 Å². The zero-order valence-corrected chi connectivity index (χ0v) is 16.3. The van der Waals surface area contributed by atoms with Crippen LogP contribution in [0.4, 0.5) is 0 Å². The zero-order chi connectivity index (χ0) is 19.3. The van der Waals surface area contributed by atoms with Crippen molar-refractivity contribution in [2.24, 2.45) is 0 Å². The Kier molecular flexibility index (Phi) is 5.53. The minimum Gasteiger partial charge on any atom is -0.336 e. The van der Waals surface area contributed by atoms with E-state index in [1.807, 2.05) is 34.0 Å². The Bertz CT molecular complexity index is 927. The highest BCUT2D eigenvalue weighted by Gasteiger charge is 2.23. The van der Waals surface area contributed by atoms with E-state index in [9.17, 15) is 4.79 Å². The van der Waals surface area contributed by atoms with Crippen molar-refractivity contribution >= 4 is 5.91 Å². The molecule has 1 fully saturated rings. The Balaban J connectivity index is 1.32. The van der Waals surface area contributed by atoms with Gasteiger partial charge in [-0.15, -0.1) is 0 Å². The van der Waals surface area contributed by atoms with Gasteiger partial charge in [-0.05, 0) is 23.6 Å². The molecule has 1 amide bonds. The first-order valence-corrected chi connectivity index (χ1v) is 9.81. The second-order valence-corrected chi connectivity index (χ2v) is 7.41. The van der Waals surface area contributed by atoms with Gasteiger partial charge in [-0.3, -0.25) is 14.4 Å². The maximum absolute atomic E-state index is 12.8. The summed E-state index contributed by atoms with van der Waals surface area (Å²) in [6, 6.07) is 18.7. The number of carbonyl (C=O) groups is 1. The third-order valence-corrected chi connectivity index (χ3v) is 5.38. The smallest absolute Gasteiger partial charge is 0.257 e. The molecule has 2 aromatic carbocycles. The molecule has 0 N–H and O–H groups in total.